The molecule has 7 nitrogen and oxygen atoms in total. The number of thioether (sulfide) groups is 1. The molecule has 6 rings (SSSR count). The summed E-state index contributed by atoms with van der Waals surface area (Å²) in [7, 11) is 0. The van der Waals surface area contributed by atoms with Gasteiger partial charge in [0.15, 0.2) is 4.34 Å². The lowest BCUT2D eigenvalue weighted by Crippen LogP contribution is -2.29. The molecule has 2 atom stereocenters. The Bertz CT molecular complexity index is 1690. The Kier molecular flexibility index (Phi) is 7.31. The van der Waals surface area contributed by atoms with Crippen LogP contribution in [-0.4, -0.2) is 33.1 Å². The predicted molar refractivity (Wildman–Crippen MR) is 157 cm³/mol. The van der Waals surface area contributed by atoms with Gasteiger partial charge in [0.1, 0.15) is 17.6 Å². The van der Waals surface area contributed by atoms with Gasteiger partial charge in [-0.2, -0.15) is 0 Å². The molecular formula is C29H21Cl2N3O4S2. The molecule has 40 heavy (non-hydrogen) atoms. The van der Waals surface area contributed by atoms with Crippen molar-refractivity contribution in [3.05, 3.63) is 105 Å². The second-order valence-electron chi connectivity index (χ2n) is 9.41. The fourth-order valence-electron chi connectivity index (χ4n) is 4.86. The van der Waals surface area contributed by atoms with Crippen LogP contribution < -0.4 is 9.64 Å². The van der Waals surface area contributed by atoms with Crippen LogP contribution in [0.25, 0.3) is 5.76 Å². The van der Waals surface area contributed by atoms with Crippen molar-refractivity contribution < 1.29 is 19.4 Å². The fourth-order valence-corrected chi connectivity index (χ4v) is 7.21. The fraction of sp³-hybridized carbons (Fsp3) is 0.172. The number of aromatic nitrogens is 2. The van der Waals surface area contributed by atoms with Crippen molar-refractivity contribution in [2.45, 2.75) is 35.6 Å². The minimum atomic E-state index is -0.948. The van der Waals surface area contributed by atoms with Gasteiger partial charge in [-0.05, 0) is 60.0 Å². The smallest absolute Gasteiger partial charge is 0.301 e. The number of fused-ring (bicyclic) bond motifs is 1. The first-order chi connectivity index (χ1) is 19.3. The lowest BCUT2D eigenvalue weighted by atomic mass is 9.94. The number of anilines is 1. The van der Waals surface area contributed by atoms with E-state index in [1.54, 1.807) is 42.5 Å². The van der Waals surface area contributed by atoms with Crippen molar-refractivity contribution >= 4 is 68.9 Å². The number of hydrogen-bond donors (Lipinski definition) is 1. The van der Waals surface area contributed by atoms with Gasteiger partial charge in [-0.15, -0.1) is 10.2 Å². The SMILES string of the molecule is C[C@@H]1Cc2cc(/C(O)=C3\C(=O)C(=O)N(c4nnc(SCc5ccccc5Cl)s4)[C@H]3c3cccc(Cl)c3)ccc2O1. The van der Waals surface area contributed by atoms with Crippen molar-refractivity contribution in [1.82, 2.24) is 10.2 Å². The molecule has 4 aromatic rings. The zero-order chi connectivity index (χ0) is 28.0. The van der Waals surface area contributed by atoms with Crippen LogP contribution in [0, 0.1) is 0 Å². The molecule has 0 spiro atoms. The molecule has 2 aliphatic heterocycles. The van der Waals surface area contributed by atoms with Gasteiger partial charge >= 0.3 is 5.91 Å². The van der Waals surface area contributed by atoms with Crippen molar-refractivity contribution in [3.63, 3.8) is 0 Å². The number of nitrogens with zero attached hydrogens (tertiary/aromatic N) is 3. The van der Waals surface area contributed by atoms with Crippen molar-refractivity contribution in [2.24, 2.45) is 0 Å². The number of ether oxygens (including phenoxy) is 1. The molecule has 0 unspecified atom stereocenters. The van der Waals surface area contributed by atoms with Crippen LogP contribution in [0.2, 0.25) is 10.0 Å². The van der Waals surface area contributed by atoms with E-state index in [4.69, 9.17) is 27.9 Å². The Morgan fingerprint density at radius 1 is 1.10 bits per heavy atom. The minimum Gasteiger partial charge on any atom is -0.507 e. The minimum absolute atomic E-state index is 0.0202. The van der Waals surface area contributed by atoms with E-state index in [-0.39, 0.29) is 22.6 Å². The van der Waals surface area contributed by atoms with Gasteiger partial charge in [0.2, 0.25) is 5.13 Å². The molecule has 0 bridgehead atoms. The number of carbonyl (C=O) groups excluding carboxylic acids is 2. The molecule has 1 saturated heterocycles. The van der Waals surface area contributed by atoms with Gasteiger partial charge in [0.25, 0.3) is 5.78 Å². The third kappa shape index (κ3) is 4.99. The molecule has 1 amide bonds. The summed E-state index contributed by atoms with van der Waals surface area (Å²) in [6, 6.07) is 18.7. The third-order valence-electron chi connectivity index (χ3n) is 6.69. The molecule has 3 heterocycles. The van der Waals surface area contributed by atoms with Crippen LogP contribution in [-0.2, 0) is 21.8 Å². The van der Waals surface area contributed by atoms with E-state index in [1.807, 2.05) is 31.2 Å². The van der Waals surface area contributed by atoms with E-state index in [9.17, 15) is 14.7 Å². The highest BCUT2D eigenvalue weighted by molar-refractivity contribution is 8.00. The zero-order valence-electron chi connectivity index (χ0n) is 21.0. The number of hydrogen-bond acceptors (Lipinski definition) is 8. The zero-order valence-corrected chi connectivity index (χ0v) is 24.2. The van der Waals surface area contributed by atoms with E-state index in [1.165, 1.54) is 28.0 Å². The summed E-state index contributed by atoms with van der Waals surface area (Å²) in [5.74, 6) is -0.583. The number of amides is 1. The number of halogens is 2. The summed E-state index contributed by atoms with van der Waals surface area (Å²) in [6.07, 6.45) is 0.703. The molecule has 3 aromatic carbocycles. The molecule has 1 aromatic heterocycles. The quantitative estimate of drug-likeness (QED) is 0.0820. The standard InChI is InChI=1S/C29H21Cl2N3O4S2/c1-15-11-19-12-17(9-10-22(19)38-15)25(35)23-24(16-6-4-7-20(30)13-16)34(27(37)26(23)36)28-32-33-29(40-28)39-14-18-5-2-3-8-21(18)31/h2-10,12-13,15,24,35H,11,14H2,1H3/b25-23+/t15-,24+/m1/s1. The van der Waals surface area contributed by atoms with Gasteiger partial charge < -0.3 is 9.84 Å². The van der Waals surface area contributed by atoms with E-state index < -0.39 is 17.7 Å². The Balaban J connectivity index is 1.39. The van der Waals surface area contributed by atoms with Crippen LogP contribution in [0.15, 0.2) is 76.6 Å². The summed E-state index contributed by atoms with van der Waals surface area (Å²) in [6.45, 7) is 1.97. The van der Waals surface area contributed by atoms with Gasteiger partial charge in [-0.3, -0.25) is 14.5 Å². The maximum Gasteiger partial charge on any atom is 0.301 e. The summed E-state index contributed by atoms with van der Waals surface area (Å²) >= 11 is 15.2. The summed E-state index contributed by atoms with van der Waals surface area (Å²) < 4.78 is 6.38. The van der Waals surface area contributed by atoms with Crippen LogP contribution in [0.5, 0.6) is 5.75 Å². The summed E-state index contributed by atoms with van der Waals surface area (Å²) in [4.78, 5) is 28.2. The number of carbonyl (C=O) groups is 2. The van der Waals surface area contributed by atoms with Crippen LogP contribution in [0.1, 0.15) is 35.2 Å². The van der Waals surface area contributed by atoms with E-state index in [0.29, 0.717) is 37.7 Å². The maximum atomic E-state index is 13.5. The highest BCUT2D eigenvalue weighted by atomic mass is 35.5. The normalized spacial score (nSPS) is 19.6. The number of Topliss-reactive ketones (excluding diaryl/α,β-unsaturated/α-hetero) is 1. The average Bonchev–Trinajstić information content (AvgIpc) is 3.63. The van der Waals surface area contributed by atoms with E-state index >= 15 is 0 Å². The van der Waals surface area contributed by atoms with Crippen molar-refractivity contribution in [1.29, 1.82) is 0 Å². The summed E-state index contributed by atoms with van der Waals surface area (Å²) in [5.41, 5.74) is 2.81. The number of rotatable bonds is 6. The van der Waals surface area contributed by atoms with Crippen LogP contribution >= 0.6 is 46.3 Å². The molecule has 11 heteroatoms. The van der Waals surface area contributed by atoms with Crippen molar-refractivity contribution in [2.75, 3.05) is 4.90 Å². The van der Waals surface area contributed by atoms with Crippen LogP contribution in [0.4, 0.5) is 5.13 Å². The molecule has 0 aliphatic carbocycles. The van der Waals surface area contributed by atoms with Gasteiger partial charge in [0.05, 0.1) is 11.6 Å². The van der Waals surface area contributed by atoms with Crippen LogP contribution in [0.3, 0.4) is 0 Å². The Morgan fingerprint density at radius 2 is 1.93 bits per heavy atom. The molecule has 1 N–H and O–H groups in total. The second-order valence-corrected chi connectivity index (χ2v) is 12.4. The number of aliphatic hydroxyl groups is 1. The Labute approximate surface area is 248 Å². The lowest BCUT2D eigenvalue weighted by molar-refractivity contribution is -0.132. The van der Waals surface area contributed by atoms with Gasteiger partial charge in [-0.1, -0.05) is 76.6 Å². The molecule has 0 saturated carbocycles. The maximum absolute atomic E-state index is 13.5. The number of aliphatic hydroxyl groups excluding tert-OH is 1. The van der Waals surface area contributed by atoms with Crippen molar-refractivity contribution in [3.8, 4) is 5.75 Å². The summed E-state index contributed by atoms with van der Waals surface area (Å²) in [5, 5.41) is 21.3. The predicted octanol–water partition coefficient (Wildman–Crippen LogP) is 7.09. The molecule has 202 valence electrons. The highest BCUT2D eigenvalue weighted by Crippen LogP contribution is 2.45. The number of benzene rings is 3. The molecule has 1 fully saturated rings. The second kappa shape index (κ2) is 10.9. The number of ketones is 1. The average molecular weight is 611 g/mol. The monoisotopic (exact) mass is 609 g/mol. The third-order valence-corrected chi connectivity index (χ3v) is 9.40. The first-order valence-electron chi connectivity index (χ1n) is 12.4. The molecule has 0 radical (unpaired) electrons. The Morgan fingerprint density at radius 3 is 2.73 bits per heavy atom. The topological polar surface area (TPSA) is 92.6 Å². The van der Waals surface area contributed by atoms with E-state index in [2.05, 4.69) is 10.2 Å². The molecule has 2 aliphatic rings. The van der Waals surface area contributed by atoms with Gasteiger partial charge in [0, 0.05) is 27.8 Å². The highest BCUT2D eigenvalue weighted by Gasteiger charge is 2.48. The first-order valence-corrected chi connectivity index (χ1v) is 14.9. The van der Waals surface area contributed by atoms with E-state index in [0.717, 1.165) is 16.9 Å². The molecular weight excluding hydrogens is 589 g/mol. The lowest BCUT2D eigenvalue weighted by Gasteiger charge is -2.22. The largest absolute Gasteiger partial charge is 0.507 e. The Hall–Kier alpha value is -3.37. The van der Waals surface area contributed by atoms with Gasteiger partial charge in [-0.25, -0.2) is 0 Å². The first kappa shape index (κ1) is 26.8.